The van der Waals surface area contributed by atoms with E-state index in [0.29, 0.717) is 6.54 Å². The number of fused-ring (bicyclic) bond motifs is 1. The second-order valence-electron chi connectivity index (χ2n) is 9.08. The van der Waals surface area contributed by atoms with Crippen LogP contribution in [0.1, 0.15) is 31.2 Å². The van der Waals surface area contributed by atoms with Crippen LogP contribution in [0.3, 0.4) is 0 Å². The van der Waals surface area contributed by atoms with Crippen LogP contribution in [0.2, 0.25) is 0 Å². The number of urea groups is 1. The van der Waals surface area contributed by atoms with Gasteiger partial charge in [-0.15, -0.1) is 0 Å². The summed E-state index contributed by atoms with van der Waals surface area (Å²) in [5.74, 6) is 0. The van der Waals surface area contributed by atoms with Gasteiger partial charge in [0.15, 0.2) is 0 Å². The summed E-state index contributed by atoms with van der Waals surface area (Å²) in [7, 11) is 6.33. The van der Waals surface area contributed by atoms with Crippen molar-refractivity contribution in [2.24, 2.45) is 7.05 Å². The van der Waals surface area contributed by atoms with E-state index in [0.717, 1.165) is 42.4 Å². The van der Waals surface area contributed by atoms with Crippen LogP contribution >= 0.6 is 0 Å². The van der Waals surface area contributed by atoms with Gasteiger partial charge >= 0.3 is 6.03 Å². The number of nitrogens with one attached hydrogen (secondary N) is 1. The number of hydrogen-bond acceptors (Lipinski definition) is 3. The molecule has 0 bridgehead atoms. The molecular weight excluding hydrogens is 374 g/mol. The highest BCUT2D eigenvalue weighted by Crippen LogP contribution is 2.46. The Balaban J connectivity index is 1.42. The Bertz CT molecular complexity index is 1080. The van der Waals surface area contributed by atoms with Crippen molar-refractivity contribution in [3.05, 3.63) is 60.4 Å². The molecule has 1 aliphatic heterocycles. The van der Waals surface area contributed by atoms with Crippen LogP contribution in [0, 0.1) is 0 Å². The number of aryl methyl sites for hydroxylation is 1. The number of anilines is 1. The maximum absolute atomic E-state index is 13.0. The van der Waals surface area contributed by atoms with Gasteiger partial charge in [0.05, 0.1) is 17.8 Å². The molecule has 3 heterocycles. The van der Waals surface area contributed by atoms with Crippen LogP contribution in [-0.4, -0.2) is 46.7 Å². The van der Waals surface area contributed by atoms with Crippen molar-refractivity contribution in [1.29, 1.82) is 0 Å². The fourth-order valence-corrected chi connectivity index (χ4v) is 5.46. The summed E-state index contributed by atoms with van der Waals surface area (Å²) in [6.07, 6.45) is 7.77. The molecule has 1 saturated carbocycles. The van der Waals surface area contributed by atoms with E-state index in [1.807, 2.05) is 34.8 Å². The van der Waals surface area contributed by atoms with Crippen LogP contribution in [0.25, 0.3) is 11.0 Å². The van der Waals surface area contributed by atoms with Crippen molar-refractivity contribution >= 4 is 22.8 Å². The molecule has 1 aliphatic carbocycles. The standard InChI is InChI=1S/C24H29N5O/c1-27(2)24(18-7-5-4-6-8-18)13-11-23(12-14-24)17-29(22(30)26-23)20-9-15-25-21-19(20)10-16-28(21)3/h4-10,15-16H,11-14,17H2,1-3H3,(H,26,30)/t23-,24-. The lowest BCUT2D eigenvalue weighted by Gasteiger charge is -2.48. The number of amides is 2. The molecule has 1 aromatic carbocycles. The molecule has 156 valence electrons. The first-order valence-electron chi connectivity index (χ1n) is 10.7. The highest BCUT2D eigenvalue weighted by atomic mass is 16.2. The number of aromatic nitrogens is 2. The molecule has 2 fully saturated rings. The fraction of sp³-hybridized carbons (Fsp3) is 0.417. The van der Waals surface area contributed by atoms with Crippen molar-refractivity contribution in [3.63, 3.8) is 0 Å². The number of carbonyl (C=O) groups excluding carboxylic acids is 1. The monoisotopic (exact) mass is 403 g/mol. The largest absolute Gasteiger partial charge is 0.336 e. The van der Waals surface area contributed by atoms with Crippen molar-refractivity contribution in [3.8, 4) is 0 Å². The second kappa shape index (κ2) is 6.84. The van der Waals surface area contributed by atoms with E-state index in [9.17, 15) is 4.79 Å². The minimum atomic E-state index is -0.171. The second-order valence-corrected chi connectivity index (χ2v) is 9.08. The molecule has 2 aromatic heterocycles. The van der Waals surface area contributed by atoms with Gasteiger partial charge in [-0.1, -0.05) is 30.3 Å². The minimum absolute atomic E-state index is 0.00316. The summed E-state index contributed by atoms with van der Waals surface area (Å²) in [4.78, 5) is 21.8. The third kappa shape index (κ3) is 2.82. The van der Waals surface area contributed by atoms with Gasteiger partial charge in [0, 0.05) is 30.4 Å². The van der Waals surface area contributed by atoms with Crippen molar-refractivity contribution in [1.82, 2.24) is 19.8 Å². The van der Waals surface area contributed by atoms with E-state index in [1.54, 1.807) is 6.20 Å². The van der Waals surface area contributed by atoms with Gasteiger partial charge in [-0.05, 0) is 57.5 Å². The van der Waals surface area contributed by atoms with Crippen LogP contribution in [0.15, 0.2) is 54.9 Å². The lowest BCUT2D eigenvalue weighted by atomic mass is 9.69. The third-order valence-corrected chi connectivity index (χ3v) is 7.32. The zero-order chi connectivity index (χ0) is 20.9. The lowest BCUT2D eigenvalue weighted by molar-refractivity contribution is 0.0658. The average Bonchev–Trinajstić information content (AvgIpc) is 3.29. The van der Waals surface area contributed by atoms with Crippen LogP contribution in [-0.2, 0) is 12.6 Å². The van der Waals surface area contributed by atoms with Crippen LogP contribution in [0.5, 0.6) is 0 Å². The molecule has 30 heavy (non-hydrogen) atoms. The van der Waals surface area contributed by atoms with E-state index in [2.05, 4.69) is 59.6 Å². The van der Waals surface area contributed by atoms with Crippen molar-refractivity contribution in [2.75, 3.05) is 25.5 Å². The van der Waals surface area contributed by atoms with Crippen LogP contribution < -0.4 is 10.2 Å². The Morgan fingerprint density at radius 2 is 1.77 bits per heavy atom. The van der Waals surface area contributed by atoms with Gasteiger partial charge in [0.1, 0.15) is 5.65 Å². The molecule has 0 unspecified atom stereocenters. The molecule has 2 amide bonds. The minimum Gasteiger partial charge on any atom is -0.336 e. The molecule has 5 rings (SSSR count). The van der Waals surface area contributed by atoms with Gasteiger partial charge in [-0.3, -0.25) is 9.80 Å². The summed E-state index contributed by atoms with van der Waals surface area (Å²) in [5.41, 5.74) is 3.07. The number of benzene rings is 1. The number of carbonyl (C=O) groups is 1. The summed E-state index contributed by atoms with van der Waals surface area (Å²) in [6.45, 7) is 0.706. The Labute approximate surface area is 177 Å². The number of hydrogen-bond donors (Lipinski definition) is 1. The lowest BCUT2D eigenvalue weighted by Crippen LogP contribution is -2.54. The first kappa shape index (κ1) is 19.1. The maximum atomic E-state index is 13.0. The smallest absolute Gasteiger partial charge is 0.322 e. The normalized spacial score (nSPS) is 26.7. The highest BCUT2D eigenvalue weighted by molar-refractivity contribution is 6.03. The summed E-state index contributed by atoms with van der Waals surface area (Å²) >= 11 is 0. The molecule has 1 spiro atoms. The summed E-state index contributed by atoms with van der Waals surface area (Å²) in [6, 6.07) is 14.8. The van der Waals surface area contributed by atoms with Gasteiger partial charge in [-0.25, -0.2) is 9.78 Å². The molecule has 2 aliphatic rings. The molecule has 6 nitrogen and oxygen atoms in total. The first-order valence-corrected chi connectivity index (χ1v) is 10.7. The van der Waals surface area contributed by atoms with E-state index >= 15 is 0 Å². The first-order chi connectivity index (χ1) is 14.4. The van der Waals surface area contributed by atoms with E-state index in [4.69, 9.17) is 0 Å². The molecule has 0 radical (unpaired) electrons. The Hall–Kier alpha value is -2.86. The number of nitrogens with zero attached hydrogens (tertiary/aromatic N) is 4. The third-order valence-electron chi connectivity index (χ3n) is 7.32. The van der Waals surface area contributed by atoms with Crippen molar-refractivity contribution in [2.45, 2.75) is 36.8 Å². The molecular formula is C24H29N5O. The summed E-state index contributed by atoms with van der Waals surface area (Å²) < 4.78 is 1.99. The predicted octanol–water partition coefficient (Wildman–Crippen LogP) is 3.87. The quantitative estimate of drug-likeness (QED) is 0.722. The molecule has 0 atom stereocenters. The van der Waals surface area contributed by atoms with Crippen LogP contribution in [0.4, 0.5) is 10.5 Å². The van der Waals surface area contributed by atoms with E-state index in [-0.39, 0.29) is 17.1 Å². The Kier molecular flexibility index (Phi) is 4.36. The average molecular weight is 404 g/mol. The zero-order valence-electron chi connectivity index (χ0n) is 17.9. The molecule has 1 saturated heterocycles. The molecule has 1 N–H and O–H groups in total. The number of rotatable bonds is 3. The topological polar surface area (TPSA) is 53.4 Å². The SMILES string of the molecule is Cn1ccc2c(N3C[C@]4(CC[C@@](c5ccccc5)(N(C)C)CC4)NC3=O)ccnc21. The van der Waals surface area contributed by atoms with Crippen molar-refractivity contribution < 1.29 is 4.79 Å². The number of pyridine rings is 1. The fourth-order valence-electron chi connectivity index (χ4n) is 5.46. The van der Waals surface area contributed by atoms with Gasteiger partial charge in [0.25, 0.3) is 0 Å². The maximum Gasteiger partial charge on any atom is 0.322 e. The van der Waals surface area contributed by atoms with Gasteiger partial charge in [-0.2, -0.15) is 0 Å². The highest BCUT2D eigenvalue weighted by Gasteiger charge is 2.50. The Morgan fingerprint density at radius 3 is 2.47 bits per heavy atom. The molecule has 3 aromatic rings. The summed E-state index contributed by atoms with van der Waals surface area (Å²) in [5, 5.41) is 4.38. The zero-order valence-corrected chi connectivity index (χ0v) is 17.9. The van der Waals surface area contributed by atoms with Gasteiger partial charge in [0.2, 0.25) is 0 Å². The van der Waals surface area contributed by atoms with E-state index < -0.39 is 0 Å². The predicted molar refractivity (Wildman–Crippen MR) is 120 cm³/mol. The Morgan fingerprint density at radius 1 is 1.03 bits per heavy atom. The van der Waals surface area contributed by atoms with Gasteiger partial charge < -0.3 is 9.88 Å². The molecule has 6 heteroatoms. The van der Waals surface area contributed by atoms with E-state index in [1.165, 1.54) is 5.56 Å².